The first-order valence-electron chi connectivity index (χ1n) is 10.8. The molecular weight excluding hydrogens is 396 g/mol. The van der Waals surface area contributed by atoms with E-state index in [1.807, 2.05) is 48.5 Å². The van der Waals surface area contributed by atoms with Crippen LogP contribution in [-0.2, 0) is 20.9 Å². The normalized spacial score (nSPS) is 26.7. The Morgan fingerprint density at radius 3 is 2.42 bits per heavy atom. The molecule has 1 amide bonds. The second-order valence-electron chi connectivity index (χ2n) is 8.36. The van der Waals surface area contributed by atoms with Gasteiger partial charge in [-0.2, -0.15) is 0 Å². The van der Waals surface area contributed by atoms with Crippen LogP contribution in [-0.4, -0.2) is 52.9 Å². The maximum absolute atomic E-state index is 11.3. The molecule has 2 aliphatic rings. The first kappa shape index (κ1) is 21.9. The van der Waals surface area contributed by atoms with Crippen molar-refractivity contribution in [2.75, 3.05) is 25.0 Å². The molecule has 0 bridgehead atoms. The minimum Gasteiger partial charge on any atom is -0.392 e. The van der Waals surface area contributed by atoms with Gasteiger partial charge < -0.3 is 25.0 Å². The molecule has 0 aromatic heterocycles. The number of amides is 1. The Labute approximate surface area is 182 Å². The second-order valence-corrected chi connectivity index (χ2v) is 8.36. The summed E-state index contributed by atoms with van der Waals surface area (Å²) >= 11 is 0. The maximum atomic E-state index is 11.3. The third-order valence-electron chi connectivity index (χ3n) is 5.83. The minimum atomic E-state index is -0.528. The van der Waals surface area contributed by atoms with Crippen molar-refractivity contribution in [3.05, 3.63) is 65.2 Å². The summed E-state index contributed by atoms with van der Waals surface area (Å²) < 4.78 is 12.6. The summed E-state index contributed by atoms with van der Waals surface area (Å²) in [5.74, 6) is -0.114. The number of carbonyl (C=O) groups excluding carboxylic acids is 1. The number of aliphatic hydroxyl groups excluding tert-OH is 2. The van der Waals surface area contributed by atoms with Crippen molar-refractivity contribution in [3.63, 3.8) is 0 Å². The number of carbonyl (C=O) groups is 1. The van der Waals surface area contributed by atoms with Crippen molar-refractivity contribution in [2.45, 2.75) is 51.0 Å². The third-order valence-corrected chi connectivity index (χ3v) is 5.83. The Bertz CT molecular complexity index is 871. The van der Waals surface area contributed by atoms with Crippen LogP contribution in [0, 0.1) is 0 Å². The molecule has 0 unspecified atom stereocenters. The van der Waals surface area contributed by atoms with Gasteiger partial charge in [0.1, 0.15) is 0 Å². The number of β-amino-alcohol motifs (C(OH)–C–C–N with tert-alkyl or cyclic N) is 1. The highest BCUT2D eigenvalue weighted by atomic mass is 16.7. The zero-order valence-corrected chi connectivity index (χ0v) is 17.7. The molecule has 166 valence electrons. The highest BCUT2D eigenvalue weighted by Gasteiger charge is 2.34. The van der Waals surface area contributed by atoms with Crippen molar-refractivity contribution in [2.24, 2.45) is 0 Å². The molecule has 7 heteroatoms. The average Bonchev–Trinajstić information content (AvgIpc) is 3.18. The molecule has 4 rings (SSSR count). The highest BCUT2D eigenvalue weighted by molar-refractivity contribution is 5.88. The zero-order chi connectivity index (χ0) is 21.8. The summed E-state index contributed by atoms with van der Waals surface area (Å²) in [6, 6.07) is 15.3. The minimum absolute atomic E-state index is 0.0120. The zero-order valence-electron chi connectivity index (χ0n) is 17.7. The lowest BCUT2D eigenvalue weighted by Gasteiger charge is -2.37. The van der Waals surface area contributed by atoms with Gasteiger partial charge in [0, 0.05) is 44.2 Å². The van der Waals surface area contributed by atoms with Crippen molar-refractivity contribution in [1.29, 1.82) is 0 Å². The molecule has 4 atom stereocenters. The van der Waals surface area contributed by atoms with E-state index in [-0.39, 0.29) is 30.8 Å². The van der Waals surface area contributed by atoms with Crippen molar-refractivity contribution < 1.29 is 24.5 Å². The molecule has 2 aliphatic heterocycles. The molecule has 2 heterocycles. The van der Waals surface area contributed by atoms with E-state index in [1.54, 1.807) is 0 Å². The van der Waals surface area contributed by atoms with Crippen LogP contribution in [0.5, 0.6) is 0 Å². The topological polar surface area (TPSA) is 91.3 Å². The highest BCUT2D eigenvalue weighted by Crippen LogP contribution is 2.38. The lowest BCUT2D eigenvalue weighted by molar-refractivity contribution is -0.252. The van der Waals surface area contributed by atoms with E-state index in [0.717, 1.165) is 41.9 Å². The average molecular weight is 427 g/mol. The Morgan fingerprint density at radius 1 is 1.10 bits per heavy atom. The van der Waals surface area contributed by atoms with Gasteiger partial charge in [0.2, 0.25) is 5.91 Å². The quantitative estimate of drug-likeness (QED) is 0.658. The smallest absolute Gasteiger partial charge is 0.221 e. The Morgan fingerprint density at radius 2 is 1.81 bits per heavy atom. The van der Waals surface area contributed by atoms with Crippen LogP contribution >= 0.6 is 0 Å². The lowest BCUT2D eigenvalue weighted by atomic mass is 9.99. The van der Waals surface area contributed by atoms with Crippen molar-refractivity contribution in [3.8, 4) is 0 Å². The first-order chi connectivity index (χ1) is 15.0. The van der Waals surface area contributed by atoms with E-state index in [2.05, 4.69) is 10.2 Å². The van der Waals surface area contributed by atoms with Gasteiger partial charge in [0.15, 0.2) is 6.29 Å². The van der Waals surface area contributed by atoms with E-state index in [1.165, 1.54) is 6.92 Å². The summed E-state index contributed by atoms with van der Waals surface area (Å²) in [5.41, 5.74) is 3.53. The molecule has 31 heavy (non-hydrogen) atoms. The van der Waals surface area contributed by atoms with E-state index < -0.39 is 6.29 Å². The summed E-state index contributed by atoms with van der Waals surface area (Å²) in [4.78, 5) is 13.5. The number of anilines is 1. The fraction of sp³-hybridized carbons (Fsp3) is 0.458. The summed E-state index contributed by atoms with van der Waals surface area (Å²) in [6.07, 6.45) is 0.536. The number of rotatable bonds is 6. The van der Waals surface area contributed by atoms with Gasteiger partial charge in [-0.15, -0.1) is 0 Å². The van der Waals surface area contributed by atoms with Crippen LogP contribution in [0.3, 0.4) is 0 Å². The molecule has 2 saturated heterocycles. The maximum Gasteiger partial charge on any atom is 0.221 e. The fourth-order valence-corrected chi connectivity index (χ4v) is 4.23. The lowest BCUT2D eigenvalue weighted by Crippen LogP contribution is -2.38. The predicted molar refractivity (Wildman–Crippen MR) is 116 cm³/mol. The van der Waals surface area contributed by atoms with Crippen molar-refractivity contribution >= 4 is 11.6 Å². The number of ether oxygens (including phenoxy) is 2. The first-order valence-corrected chi connectivity index (χ1v) is 10.8. The monoisotopic (exact) mass is 426 g/mol. The molecule has 7 nitrogen and oxygen atoms in total. The standard InChI is InChI=1S/C24H30N2O5/c1-16(28)25-20-8-6-19(7-9-20)24-30-22(14-26-11-10-21(29)13-26)12-23(31-24)18-4-2-17(15-27)3-5-18/h2-9,21-24,27,29H,10-15H2,1H3,(H,25,28)/t21-,22+,23-,24-/m0/s1. The van der Waals surface area contributed by atoms with Crippen molar-refractivity contribution in [1.82, 2.24) is 4.90 Å². The number of hydrogen-bond donors (Lipinski definition) is 3. The Hall–Kier alpha value is -2.29. The van der Waals surface area contributed by atoms with Gasteiger partial charge >= 0.3 is 0 Å². The van der Waals surface area contributed by atoms with Crippen LogP contribution in [0.25, 0.3) is 0 Å². The van der Waals surface area contributed by atoms with Crippen LogP contribution in [0.15, 0.2) is 48.5 Å². The van der Waals surface area contributed by atoms with Gasteiger partial charge in [0.05, 0.1) is 24.9 Å². The summed E-state index contributed by atoms with van der Waals surface area (Å²) in [5, 5.41) is 22.0. The Balaban J connectivity index is 1.52. The molecule has 0 saturated carbocycles. The second kappa shape index (κ2) is 9.89. The molecule has 0 aliphatic carbocycles. The predicted octanol–water partition coefficient (Wildman–Crippen LogP) is 2.75. The number of aliphatic hydroxyl groups is 2. The summed E-state index contributed by atoms with van der Waals surface area (Å²) in [6.45, 7) is 3.78. The van der Waals surface area contributed by atoms with E-state index in [9.17, 15) is 15.0 Å². The molecule has 3 N–H and O–H groups in total. The molecule has 0 radical (unpaired) electrons. The molecule has 0 spiro atoms. The number of likely N-dealkylation sites (tertiary alicyclic amines) is 1. The number of hydrogen-bond acceptors (Lipinski definition) is 6. The van der Waals surface area contributed by atoms with Crippen LogP contribution in [0.4, 0.5) is 5.69 Å². The van der Waals surface area contributed by atoms with Crippen LogP contribution < -0.4 is 5.32 Å². The number of nitrogens with zero attached hydrogens (tertiary/aromatic N) is 1. The van der Waals surface area contributed by atoms with E-state index >= 15 is 0 Å². The SMILES string of the molecule is CC(=O)Nc1ccc([C@H]2O[C@@H](CN3CC[C@H](O)C3)C[C@@H](c3ccc(CO)cc3)O2)cc1. The van der Waals surface area contributed by atoms with Crippen LogP contribution in [0.1, 0.15) is 48.8 Å². The van der Waals surface area contributed by atoms with E-state index in [4.69, 9.17) is 9.47 Å². The Kier molecular flexibility index (Phi) is 6.99. The van der Waals surface area contributed by atoms with Gasteiger partial charge in [-0.3, -0.25) is 9.69 Å². The van der Waals surface area contributed by atoms with Crippen LogP contribution in [0.2, 0.25) is 0 Å². The van der Waals surface area contributed by atoms with E-state index in [0.29, 0.717) is 13.0 Å². The fourth-order valence-electron chi connectivity index (χ4n) is 4.23. The third kappa shape index (κ3) is 5.70. The number of benzene rings is 2. The molecular formula is C24H30N2O5. The largest absolute Gasteiger partial charge is 0.392 e. The van der Waals surface area contributed by atoms with Gasteiger partial charge in [-0.1, -0.05) is 36.4 Å². The molecule has 2 aromatic rings. The van der Waals surface area contributed by atoms with Gasteiger partial charge in [-0.25, -0.2) is 0 Å². The number of nitrogens with one attached hydrogen (secondary N) is 1. The van der Waals surface area contributed by atoms with Gasteiger partial charge in [0.25, 0.3) is 0 Å². The van der Waals surface area contributed by atoms with Gasteiger partial charge in [-0.05, 0) is 29.7 Å². The molecule has 2 fully saturated rings. The summed E-state index contributed by atoms with van der Waals surface area (Å²) in [7, 11) is 0. The molecule has 2 aromatic carbocycles.